The molecule has 1 N–H and O–H groups in total. The first-order valence-corrected chi connectivity index (χ1v) is 5.72. The minimum absolute atomic E-state index is 0.246. The molecule has 18 heavy (non-hydrogen) atoms. The van der Waals surface area contributed by atoms with Crippen LogP contribution in [0.25, 0.3) is 6.20 Å². The van der Waals surface area contributed by atoms with Gasteiger partial charge in [0.25, 0.3) is 5.56 Å². The minimum atomic E-state index is -0.507. The minimum Gasteiger partial charge on any atom is -0.466 e. The smallest absolute Gasteiger partial charge is 0.332 e. The van der Waals surface area contributed by atoms with Crippen LogP contribution in [-0.4, -0.2) is 22.1 Å². The van der Waals surface area contributed by atoms with E-state index < -0.39 is 11.2 Å². The number of hydrogen-bond acceptors (Lipinski definition) is 4. The highest BCUT2D eigenvalue weighted by Crippen LogP contribution is 2.38. The van der Waals surface area contributed by atoms with E-state index in [0.29, 0.717) is 18.6 Å². The zero-order valence-corrected chi connectivity index (χ0v) is 10.2. The van der Waals surface area contributed by atoms with Crippen molar-refractivity contribution in [2.75, 3.05) is 6.61 Å². The number of esters is 1. The Labute approximate surface area is 103 Å². The van der Waals surface area contributed by atoms with Crippen LogP contribution in [0.4, 0.5) is 0 Å². The molecule has 1 heterocycles. The Balaban J connectivity index is 2.22. The summed E-state index contributed by atoms with van der Waals surface area (Å²) in [5.74, 6) is -0.512. The van der Waals surface area contributed by atoms with E-state index >= 15 is 0 Å². The van der Waals surface area contributed by atoms with Crippen molar-refractivity contribution in [3.63, 3.8) is 0 Å². The van der Waals surface area contributed by atoms with Crippen LogP contribution in [0.2, 0.25) is 0 Å². The highest BCUT2D eigenvalue weighted by molar-refractivity contribution is 5.82. The molecule has 1 atom stereocenters. The van der Waals surface area contributed by atoms with Crippen LogP contribution in [0.1, 0.15) is 18.9 Å². The quantitative estimate of drug-likeness (QED) is 0.781. The van der Waals surface area contributed by atoms with E-state index in [9.17, 15) is 14.4 Å². The van der Waals surface area contributed by atoms with E-state index in [2.05, 4.69) is 4.98 Å². The molecule has 0 bridgehead atoms. The fraction of sp³-hybridized carbons (Fsp3) is 0.417. The standard InChI is InChI=1S/C12H14N2O4/c1-3-18-11(16)9-4-8(9)6-14-5-7(2)10(15)13-12(14)17/h5-6,9H,3-4H2,1-2H3,(H,13,15,17). The predicted octanol–water partition coefficient (Wildman–Crippen LogP) is 0.269. The number of rotatable bonds is 3. The zero-order valence-electron chi connectivity index (χ0n) is 10.2. The molecule has 1 saturated carbocycles. The number of aromatic nitrogens is 2. The van der Waals surface area contributed by atoms with E-state index in [0.717, 1.165) is 5.57 Å². The molecule has 1 aromatic rings. The molecule has 0 aliphatic heterocycles. The molecule has 1 aromatic heterocycles. The van der Waals surface area contributed by atoms with Crippen LogP contribution < -0.4 is 11.2 Å². The summed E-state index contributed by atoms with van der Waals surface area (Å²) in [6.45, 7) is 3.71. The molecule has 6 nitrogen and oxygen atoms in total. The second-order valence-electron chi connectivity index (χ2n) is 4.19. The predicted molar refractivity (Wildman–Crippen MR) is 65.1 cm³/mol. The molecule has 1 unspecified atom stereocenters. The number of aromatic amines is 1. The lowest BCUT2D eigenvalue weighted by Gasteiger charge is -1.99. The SMILES string of the molecule is CCOC(=O)C1CC1=Cn1cc(C)c(=O)[nH]c1=O. The van der Waals surface area contributed by atoms with Gasteiger partial charge in [0.05, 0.1) is 12.5 Å². The summed E-state index contributed by atoms with van der Waals surface area (Å²) in [7, 11) is 0. The van der Waals surface area contributed by atoms with E-state index in [-0.39, 0.29) is 11.9 Å². The van der Waals surface area contributed by atoms with Gasteiger partial charge in [-0.2, -0.15) is 0 Å². The lowest BCUT2D eigenvalue weighted by molar-refractivity contribution is -0.144. The Morgan fingerprint density at radius 1 is 1.61 bits per heavy atom. The van der Waals surface area contributed by atoms with Crippen molar-refractivity contribution in [1.29, 1.82) is 0 Å². The van der Waals surface area contributed by atoms with Crippen LogP contribution >= 0.6 is 0 Å². The van der Waals surface area contributed by atoms with Gasteiger partial charge in [0, 0.05) is 18.0 Å². The van der Waals surface area contributed by atoms with Gasteiger partial charge in [0.1, 0.15) is 0 Å². The molecule has 0 spiro atoms. The fourth-order valence-corrected chi connectivity index (χ4v) is 1.66. The van der Waals surface area contributed by atoms with Crippen LogP contribution in [-0.2, 0) is 9.53 Å². The Hall–Kier alpha value is -2.11. The topological polar surface area (TPSA) is 81.2 Å². The van der Waals surface area contributed by atoms with E-state index in [4.69, 9.17) is 4.74 Å². The molecule has 1 fully saturated rings. The number of nitrogens with zero attached hydrogens (tertiary/aromatic N) is 1. The molecule has 6 heteroatoms. The maximum atomic E-state index is 11.5. The van der Waals surface area contributed by atoms with Gasteiger partial charge in [0.2, 0.25) is 0 Å². The molecule has 2 rings (SSSR count). The van der Waals surface area contributed by atoms with Gasteiger partial charge in [0.15, 0.2) is 0 Å². The summed E-state index contributed by atoms with van der Waals surface area (Å²) < 4.78 is 6.16. The summed E-state index contributed by atoms with van der Waals surface area (Å²) in [6, 6.07) is 0. The van der Waals surface area contributed by atoms with Crippen LogP contribution in [0.15, 0.2) is 21.4 Å². The van der Waals surface area contributed by atoms with Gasteiger partial charge >= 0.3 is 11.7 Å². The Morgan fingerprint density at radius 2 is 2.33 bits per heavy atom. The average Bonchev–Trinajstić information content (AvgIpc) is 3.06. The molecule has 1 aliphatic carbocycles. The molecular formula is C12H14N2O4. The first-order valence-electron chi connectivity index (χ1n) is 5.72. The monoisotopic (exact) mass is 250 g/mol. The van der Waals surface area contributed by atoms with E-state index in [1.807, 2.05) is 0 Å². The lowest BCUT2D eigenvalue weighted by atomic mass is 10.4. The Morgan fingerprint density at radius 3 is 3.00 bits per heavy atom. The highest BCUT2D eigenvalue weighted by Gasteiger charge is 2.38. The van der Waals surface area contributed by atoms with Crippen LogP contribution in [0.3, 0.4) is 0 Å². The summed E-state index contributed by atoms with van der Waals surface area (Å²) >= 11 is 0. The van der Waals surface area contributed by atoms with Crippen molar-refractivity contribution >= 4 is 12.2 Å². The molecule has 1 aliphatic rings. The number of nitrogens with one attached hydrogen (secondary N) is 1. The Bertz CT molecular complexity index is 624. The highest BCUT2D eigenvalue weighted by atomic mass is 16.5. The van der Waals surface area contributed by atoms with Crippen molar-refractivity contribution in [1.82, 2.24) is 9.55 Å². The lowest BCUT2D eigenvalue weighted by Crippen LogP contribution is -2.28. The second-order valence-corrected chi connectivity index (χ2v) is 4.19. The molecule has 96 valence electrons. The van der Waals surface area contributed by atoms with E-state index in [1.54, 1.807) is 20.0 Å². The first-order chi connectivity index (χ1) is 8.52. The number of hydrogen-bond donors (Lipinski definition) is 1. The van der Waals surface area contributed by atoms with Crippen molar-refractivity contribution in [2.45, 2.75) is 20.3 Å². The summed E-state index contributed by atoms with van der Waals surface area (Å²) in [4.78, 5) is 36.3. The summed E-state index contributed by atoms with van der Waals surface area (Å²) in [5.41, 5.74) is 0.377. The first kappa shape index (κ1) is 12.3. The number of carbonyl (C=O) groups is 1. The molecule has 0 amide bonds. The van der Waals surface area contributed by atoms with Crippen LogP contribution in [0.5, 0.6) is 0 Å². The normalized spacial score (nSPS) is 19.9. The second kappa shape index (κ2) is 4.64. The zero-order chi connectivity index (χ0) is 13.3. The summed E-state index contributed by atoms with van der Waals surface area (Å²) in [6.07, 6.45) is 3.63. The van der Waals surface area contributed by atoms with Crippen molar-refractivity contribution in [3.8, 4) is 0 Å². The van der Waals surface area contributed by atoms with Crippen molar-refractivity contribution < 1.29 is 9.53 Å². The third-order valence-electron chi connectivity index (χ3n) is 2.75. The van der Waals surface area contributed by atoms with Crippen LogP contribution in [0, 0.1) is 12.8 Å². The number of ether oxygens (including phenoxy) is 1. The molecular weight excluding hydrogens is 236 g/mol. The number of H-pyrrole nitrogens is 1. The Kier molecular flexibility index (Phi) is 3.18. The molecule has 0 radical (unpaired) electrons. The fourth-order valence-electron chi connectivity index (χ4n) is 1.66. The third-order valence-corrected chi connectivity index (χ3v) is 2.75. The maximum absolute atomic E-state index is 11.5. The van der Waals surface area contributed by atoms with Gasteiger partial charge in [-0.25, -0.2) is 4.79 Å². The summed E-state index contributed by atoms with van der Waals surface area (Å²) in [5, 5.41) is 0. The van der Waals surface area contributed by atoms with Crippen molar-refractivity contribution in [3.05, 3.63) is 38.2 Å². The van der Waals surface area contributed by atoms with Gasteiger partial charge in [-0.1, -0.05) is 0 Å². The van der Waals surface area contributed by atoms with Gasteiger partial charge in [-0.05, 0) is 25.8 Å². The van der Waals surface area contributed by atoms with Crippen molar-refractivity contribution in [2.24, 2.45) is 5.92 Å². The maximum Gasteiger partial charge on any atom is 0.332 e. The van der Waals surface area contributed by atoms with Gasteiger partial charge < -0.3 is 4.74 Å². The van der Waals surface area contributed by atoms with Gasteiger partial charge in [-0.15, -0.1) is 0 Å². The largest absolute Gasteiger partial charge is 0.466 e. The average molecular weight is 250 g/mol. The number of carbonyl (C=O) groups excluding carboxylic acids is 1. The van der Waals surface area contributed by atoms with E-state index in [1.165, 1.54) is 10.8 Å². The molecule has 0 aromatic carbocycles. The van der Waals surface area contributed by atoms with Gasteiger partial charge in [-0.3, -0.25) is 19.1 Å². The number of aryl methyl sites for hydroxylation is 1. The third kappa shape index (κ3) is 2.42. The molecule has 0 saturated heterocycles.